The van der Waals surface area contributed by atoms with Gasteiger partial charge in [0, 0.05) is 18.1 Å². The van der Waals surface area contributed by atoms with Crippen molar-refractivity contribution in [2.45, 2.75) is 25.9 Å². The van der Waals surface area contributed by atoms with E-state index < -0.39 is 11.6 Å². The van der Waals surface area contributed by atoms with Crippen molar-refractivity contribution in [3.63, 3.8) is 0 Å². The highest BCUT2D eigenvalue weighted by atomic mass is 32.1. The summed E-state index contributed by atoms with van der Waals surface area (Å²) < 4.78 is 16.6. The molecule has 1 N–H and O–H groups in total. The fraction of sp³-hybridized carbons (Fsp3) is 0.250. The van der Waals surface area contributed by atoms with Gasteiger partial charge >= 0.3 is 5.97 Å². The van der Waals surface area contributed by atoms with Gasteiger partial charge in [-0.3, -0.25) is 4.79 Å². The minimum Gasteiger partial charge on any atom is -0.497 e. The number of carboxylic acid groups (broad SMARTS) is 1. The molecule has 0 bridgehead atoms. The number of thiophene rings is 1. The van der Waals surface area contributed by atoms with Gasteiger partial charge in [-0.2, -0.15) is 11.3 Å². The van der Waals surface area contributed by atoms with Gasteiger partial charge in [-0.1, -0.05) is 0 Å². The fourth-order valence-electron chi connectivity index (χ4n) is 2.80. The predicted molar refractivity (Wildman–Crippen MR) is 119 cm³/mol. The molecule has 0 fully saturated rings. The molecule has 3 rings (SSSR count). The number of rotatable bonds is 10. The second kappa shape index (κ2) is 9.66. The highest BCUT2D eigenvalue weighted by Crippen LogP contribution is 2.30. The second-order valence-electron chi connectivity index (χ2n) is 7.36. The number of carbonyl (C=O) groups is 2. The molecule has 31 heavy (non-hydrogen) atoms. The Labute approximate surface area is 185 Å². The van der Waals surface area contributed by atoms with Gasteiger partial charge in [0.25, 0.3) is 0 Å². The largest absolute Gasteiger partial charge is 0.497 e. The molecule has 162 valence electrons. The van der Waals surface area contributed by atoms with Gasteiger partial charge in [0.1, 0.15) is 17.2 Å². The SMILES string of the molecule is COc1ccc(C(=O)c2ccc(OCCc3ccsc3)cc2)c(OC(C)(C)C(=O)O)c1. The van der Waals surface area contributed by atoms with E-state index in [1.807, 2.05) is 5.38 Å². The van der Waals surface area contributed by atoms with Crippen LogP contribution in [0.4, 0.5) is 0 Å². The summed E-state index contributed by atoms with van der Waals surface area (Å²) >= 11 is 1.65. The van der Waals surface area contributed by atoms with Crippen LogP contribution in [0.2, 0.25) is 0 Å². The molecule has 0 aliphatic rings. The number of ketones is 1. The zero-order chi connectivity index (χ0) is 22.4. The van der Waals surface area contributed by atoms with E-state index in [1.54, 1.807) is 47.7 Å². The summed E-state index contributed by atoms with van der Waals surface area (Å²) in [5.41, 5.74) is 0.407. The van der Waals surface area contributed by atoms with E-state index >= 15 is 0 Å². The summed E-state index contributed by atoms with van der Waals surface area (Å²) in [6.07, 6.45) is 0.816. The molecule has 0 atom stereocenters. The first kappa shape index (κ1) is 22.4. The third-order valence-electron chi connectivity index (χ3n) is 4.67. The number of aliphatic carboxylic acids is 1. The van der Waals surface area contributed by atoms with Crippen molar-refractivity contribution < 1.29 is 28.9 Å². The highest BCUT2D eigenvalue weighted by Gasteiger charge is 2.31. The van der Waals surface area contributed by atoms with Crippen molar-refractivity contribution in [1.29, 1.82) is 0 Å². The summed E-state index contributed by atoms with van der Waals surface area (Å²) in [6.45, 7) is 3.39. The lowest BCUT2D eigenvalue weighted by molar-refractivity contribution is -0.152. The fourth-order valence-corrected chi connectivity index (χ4v) is 3.50. The van der Waals surface area contributed by atoms with Gasteiger partial charge in [0.05, 0.1) is 19.3 Å². The van der Waals surface area contributed by atoms with Crippen LogP contribution in [-0.2, 0) is 11.2 Å². The molecule has 2 aromatic carbocycles. The predicted octanol–water partition coefficient (Wildman–Crippen LogP) is 4.85. The standard InChI is InChI=1S/C24H24O6S/c1-24(2,23(26)27)30-21-14-19(28-3)8-9-20(21)22(25)17-4-6-18(7-5-17)29-12-10-16-11-13-31-15-16/h4-9,11,13-15H,10,12H2,1-3H3,(H,26,27). The lowest BCUT2D eigenvalue weighted by atomic mass is 10.0. The van der Waals surface area contributed by atoms with Crippen molar-refractivity contribution in [1.82, 2.24) is 0 Å². The summed E-state index contributed by atoms with van der Waals surface area (Å²) in [6, 6.07) is 13.6. The quantitative estimate of drug-likeness (QED) is 0.454. The van der Waals surface area contributed by atoms with Gasteiger partial charge in [0.15, 0.2) is 11.4 Å². The molecule has 1 aromatic heterocycles. The zero-order valence-electron chi connectivity index (χ0n) is 17.6. The van der Waals surface area contributed by atoms with Crippen LogP contribution in [0.25, 0.3) is 0 Å². The Hall–Kier alpha value is -3.32. The Morgan fingerprint density at radius 3 is 2.35 bits per heavy atom. The van der Waals surface area contributed by atoms with E-state index in [2.05, 4.69) is 11.4 Å². The Morgan fingerprint density at radius 2 is 1.74 bits per heavy atom. The normalized spacial score (nSPS) is 11.1. The van der Waals surface area contributed by atoms with Crippen LogP contribution in [0.5, 0.6) is 17.2 Å². The minimum absolute atomic E-state index is 0.146. The van der Waals surface area contributed by atoms with Crippen molar-refractivity contribution in [3.8, 4) is 17.2 Å². The maximum atomic E-state index is 13.1. The summed E-state index contributed by atoms with van der Waals surface area (Å²) in [4.78, 5) is 24.6. The van der Waals surface area contributed by atoms with Gasteiger partial charge in [-0.25, -0.2) is 4.79 Å². The van der Waals surface area contributed by atoms with Gasteiger partial charge in [0.2, 0.25) is 0 Å². The van der Waals surface area contributed by atoms with Crippen LogP contribution in [0.15, 0.2) is 59.3 Å². The average molecular weight is 441 g/mol. The first-order valence-corrected chi connectivity index (χ1v) is 10.6. The number of ether oxygens (including phenoxy) is 3. The Kier molecular flexibility index (Phi) is 6.97. The average Bonchev–Trinajstić information content (AvgIpc) is 3.27. The van der Waals surface area contributed by atoms with Crippen LogP contribution in [0.1, 0.15) is 35.3 Å². The van der Waals surface area contributed by atoms with Gasteiger partial charge < -0.3 is 19.3 Å². The van der Waals surface area contributed by atoms with E-state index in [-0.39, 0.29) is 17.1 Å². The van der Waals surface area contributed by atoms with E-state index in [0.29, 0.717) is 23.7 Å². The number of carboxylic acids is 1. The van der Waals surface area contributed by atoms with Crippen LogP contribution < -0.4 is 14.2 Å². The Balaban J connectivity index is 1.76. The van der Waals surface area contributed by atoms with Crippen molar-refractivity contribution >= 4 is 23.1 Å². The maximum Gasteiger partial charge on any atom is 0.347 e. The smallest absolute Gasteiger partial charge is 0.347 e. The first-order valence-electron chi connectivity index (χ1n) is 9.69. The molecule has 0 unspecified atom stereocenters. The lowest BCUT2D eigenvalue weighted by Gasteiger charge is -2.23. The molecule has 7 heteroatoms. The zero-order valence-corrected chi connectivity index (χ0v) is 18.4. The summed E-state index contributed by atoms with van der Waals surface area (Å²) in [5, 5.41) is 13.5. The molecular weight excluding hydrogens is 416 g/mol. The first-order chi connectivity index (χ1) is 14.8. The van der Waals surface area contributed by atoms with Crippen molar-refractivity contribution in [2.75, 3.05) is 13.7 Å². The summed E-state index contributed by atoms with van der Waals surface area (Å²) in [5.74, 6) is -0.152. The number of hydrogen-bond donors (Lipinski definition) is 1. The number of hydrogen-bond acceptors (Lipinski definition) is 6. The van der Waals surface area contributed by atoms with E-state index in [4.69, 9.17) is 14.2 Å². The van der Waals surface area contributed by atoms with Crippen molar-refractivity contribution in [3.05, 3.63) is 76.0 Å². The molecule has 0 saturated carbocycles. The molecule has 0 saturated heterocycles. The molecular formula is C24H24O6S. The molecule has 0 spiro atoms. The second-order valence-corrected chi connectivity index (χ2v) is 8.14. The molecule has 0 aliphatic carbocycles. The highest BCUT2D eigenvalue weighted by molar-refractivity contribution is 7.07. The molecule has 6 nitrogen and oxygen atoms in total. The Morgan fingerprint density at radius 1 is 1.03 bits per heavy atom. The number of carbonyl (C=O) groups excluding carboxylic acids is 1. The van der Waals surface area contributed by atoms with Crippen molar-refractivity contribution in [2.24, 2.45) is 0 Å². The van der Waals surface area contributed by atoms with E-state index in [0.717, 1.165) is 6.42 Å². The Bertz CT molecular complexity index is 1040. The van der Waals surface area contributed by atoms with Gasteiger partial charge in [-0.05, 0) is 72.6 Å². The molecule has 3 aromatic rings. The van der Waals surface area contributed by atoms with Crippen LogP contribution in [0.3, 0.4) is 0 Å². The van der Waals surface area contributed by atoms with E-state index in [1.165, 1.54) is 32.6 Å². The molecule has 0 amide bonds. The third kappa shape index (κ3) is 5.64. The van der Waals surface area contributed by atoms with Gasteiger partial charge in [-0.15, -0.1) is 0 Å². The molecule has 0 aliphatic heterocycles. The topological polar surface area (TPSA) is 82.1 Å². The molecule has 0 radical (unpaired) electrons. The molecule has 1 heterocycles. The van der Waals surface area contributed by atoms with Crippen LogP contribution in [0, 0.1) is 0 Å². The summed E-state index contributed by atoms with van der Waals surface area (Å²) in [7, 11) is 1.49. The lowest BCUT2D eigenvalue weighted by Crippen LogP contribution is -2.38. The van der Waals surface area contributed by atoms with Crippen LogP contribution in [-0.4, -0.2) is 36.2 Å². The minimum atomic E-state index is -1.51. The monoisotopic (exact) mass is 440 g/mol. The van der Waals surface area contributed by atoms with Crippen LogP contribution >= 0.6 is 11.3 Å². The maximum absolute atomic E-state index is 13.1. The number of benzene rings is 2. The number of methoxy groups -OCH3 is 1. The van der Waals surface area contributed by atoms with E-state index in [9.17, 15) is 14.7 Å². The third-order valence-corrected chi connectivity index (χ3v) is 5.40.